The van der Waals surface area contributed by atoms with Crippen LogP contribution in [0.5, 0.6) is 11.5 Å². The third-order valence-corrected chi connectivity index (χ3v) is 6.42. The molecule has 0 spiro atoms. The van der Waals surface area contributed by atoms with Crippen molar-refractivity contribution >= 4 is 23.4 Å². The lowest BCUT2D eigenvalue weighted by atomic mass is 9.84. The summed E-state index contributed by atoms with van der Waals surface area (Å²) in [4.78, 5) is 15.6. The van der Waals surface area contributed by atoms with E-state index >= 15 is 0 Å². The van der Waals surface area contributed by atoms with E-state index in [4.69, 9.17) is 25.8 Å². The molecule has 1 heterocycles. The van der Waals surface area contributed by atoms with E-state index in [1.165, 1.54) is 0 Å². The number of amides is 1. The van der Waals surface area contributed by atoms with Gasteiger partial charge in [-0.15, -0.1) is 0 Å². The van der Waals surface area contributed by atoms with Crippen molar-refractivity contribution in [1.82, 2.24) is 4.90 Å². The van der Waals surface area contributed by atoms with Crippen molar-refractivity contribution in [1.29, 1.82) is 0 Å². The first-order chi connectivity index (χ1) is 17.2. The zero-order chi connectivity index (χ0) is 25.9. The first-order valence-electron chi connectivity index (χ1n) is 12.0. The molecular weight excluding hydrogens is 476 g/mol. The number of halogens is 1. The zero-order valence-electron chi connectivity index (χ0n) is 21.4. The molecule has 6 nitrogen and oxygen atoms in total. The predicted octanol–water partition coefficient (Wildman–Crippen LogP) is 6.72. The quantitative estimate of drug-likeness (QED) is 0.400. The van der Waals surface area contributed by atoms with E-state index in [-0.39, 0.29) is 12.1 Å². The van der Waals surface area contributed by atoms with Crippen molar-refractivity contribution in [2.24, 2.45) is 0 Å². The summed E-state index contributed by atoms with van der Waals surface area (Å²) in [6.45, 7) is 6.18. The molecule has 36 heavy (non-hydrogen) atoms. The number of ether oxygens (including phenoxy) is 3. The molecule has 0 saturated heterocycles. The summed E-state index contributed by atoms with van der Waals surface area (Å²) in [7, 11) is 3.24. The summed E-state index contributed by atoms with van der Waals surface area (Å²) in [5, 5.41) is 4.13. The van der Waals surface area contributed by atoms with Crippen molar-refractivity contribution in [3.05, 3.63) is 88.4 Å². The number of methoxy groups -OCH3 is 2. The van der Waals surface area contributed by atoms with Gasteiger partial charge in [0.25, 0.3) is 0 Å². The molecule has 0 saturated carbocycles. The van der Waals surface area contributed by atoms with Gasteiger partial charge in [0, 0.05) is 17.3 Å². The van der Waals surface area contributed by atoms with Crippen molar-refractivity contribution < 1.29 is 19.0 Å². The fourth-order valence-electron chi connectivity index (χ4n) is 4.60. The van der Waals surface area contributed by atoms with E-state index in [9.17, 15) is 4.79 Å². The maximum atomic E-state index is 13.8. The largest absolute Gasteiger partial charge is 0.493 e. The average Bonchev–Trinajstić information content (AvgIpc) is 2.85. The second kappa shape index (κ2) is 10.7. The van der Waals surface area contributed by atoms with Gasteiger partial charge in [-0.2, -0.15) is 0 Å². The van der Waals surface area contributed by atoms with Crippen molar-refractivity contribution in [2.75, 3.05) is 26.1 Å². The maximum Gasteiger partial charge on any atom is 0.411 e. The number of fused-ring (bicyclic) bond motifs is 1. The molecule has 0 radical (unpaired) electrons. The summed E-state index contributed by atoms with van der Waals surface area (Å²) >= 11 is 6.22. The van der Waals surface area contributed by atoms with Gasteiger partial charge >= 0.3 is 6.09 Å². The van der Waals surface area contributed by atoms with Crippen LogP contribution in [0.25, 0.3) is 0 Å². The number of hydrogen-bond donors (Lipinski definition) is 1. The highest BCUT2D eigenvalue weighted by Crippen LogP contribution is 2.43. The van der Waals surface area contributed by atoms with Crippen molar-refractivity contribution in [2.45, 2.75) is 44.9 Å². The predicted molar refractivity (Wildman–Crippen MR) is 143 cm³/mol. The van der Waals surface area contributed by atoms with Gasteiger partial charge in [-0.25, -0.2) is 4.79 Å². The maximum absolute atomic E-state index is 13.8. The number of hydrogen-bond acceptors (Lipinski definition) is 5. The van der Waals surface area contributed by atoms with E-state index in [0.717, 1.165) is 22.4 Å². The van der Waals surface area contributed by atoms with Crippen molar-refractivity contribution in [3.8, 4) is 11.5 Å². The second-order valence-corrected chi connectivity index (χ2v) is 10.3. The molecule has 2 atom stereocenters. The molecule has 1 aliphatic rings. The summed E-state index contributed by atoms with van der Waals surface area (Å²) in [5.41, 5.74) is 3.34. The molecule has 0 fully saturated rings. The van der Waals surface area contributed by atoms with Gasteiger partial charge in [-0.1, -0.05) is 41.9 Å². The molecule has 1 N–H and O–H groups in total. The fraction of sp³-hybridized carbons (Fsp3) is 0.345. The molecule has 7 heteroatoms. The van der Waals surface area contributed by atoms with Crippen LogP contribution < -0.4 is 14.8 Å². The van der Waals surface area contributed by atoms with Crippen LogP contribution >= 0.6 is 11.6 Å². The summed E-state index contributed by atoms with van der Waals surface area (Å²) < 4.78 is 17.1. The van der Waals surface area contributed by atoms with Gasteiger partial charge in [-0.05, 0) is 80.3 Å². The molecule has 1 amide bonds. The number of para-hydroxylation sites is 1. The highest BCUT2D eigenvalue weighted by atomic mass is 35.5. The summed E-state index contributed by atoms with van der Waals surface area (Å²) in [6.07, 6.45) is 0.251. The van der Waals surface area contributed by atoms with E-state index < -0.39 is 11.6 Å². The second-order valence-electron chi connectivity index (χ2n) is 9.85. The Morgan fingerprint density at radius 1 is 1.00 bits per heavy atom. The third kappa shape index (κ3) is 5.71. The van der Waals surface area contributed by atoms with E-state index in [1.54, 1.807) is 14.2 Å². The monoisotopic (exact) mass is 508 g/mol. The Morgan fingerprint density at radius 2 is 1.64 bits per heavy atom. The Labute approximate surface area is 218 Å². The molecule has 0 bridgehead atoms. The number of nitrogens with one attached hydrogen (secondary N) is 1. The Morgan fingerprint density at radius 3 is 2.25 bits per heavy atom. The van der Waals surface area contributed by atoms with E-state index in [2.05, 4.69) is 5.32 Å². The number of benzene rings is 3. The van der Waals surface area contributed by atoms with Gasteiger partial charge in [0.15, 0.2) is 11.5 Å². The number of carbonyl (C=O) groups excluding carboxylic acids is 1. The highest BCUT2D eigenvalue weighted by Gasteiger charge is 2.41. The van der Waals surface area contributed by atoms with Gasteiger partial charge in [0.1, 0.15) is 5.60 Å². The van der Waals surface area contributed by atoms with Crippen LogP contribution in [0.3, 0.4) is 0 Å². The lowest BCUT2D eigenvalue weighted by molar-refractivity contribution is 0.00740. The van der Waals surface area contributed by atoms with Gasteiger partial charge in [-0.3, -0.25) is 4.90 Å². The SMILES string of the molecule is COc1cc2c(cc1OC)[C@H](c1ccc(Cl)cc1)N(C(=O)OC(C)(C)C)[C@H](CNc1ccccc1)C2. The summed E-state index contributed by atoms with van der Waals surface area (Å²) in [5.74, 6) is 1.27. The molecule has 3 aromatic rings. The van der Waals surface area contributed by atoms with Crippen LogP contribution in [0.1, 0.15) is 43.5 Å². The number of rotatable bonds is 6. The van der Waals surface area contributed by atoms with Gasteiger partial charge in [0.05, 0.1) is 26.3 Å². The minimum Gasteiger partial charge on any atom is -0.493 e. The van der Waals surface area contributed by atoms with Gasteiger partial charge in [0.2, 0.25) is 0 Å². The molecule has 0 aliphatic carbocycles. The molecule has 0 aromatic heterocycles. The molecule has 3 aromatic carbocycles. The molecule has 1 aliphatic heterocycles. The van der Waals surface area contributed by atoms with E-state index in [1.807, 2.05) is 92.4 Å². The zero-order valence-corrected chi connectivity index (χ0v) is 22.1. The minimum atomic E-state index is -0.642. The van der Waals surface area contributed by atoms with Crippen LogP contribution in [-0.4, -0.2) is 43.4 Å². The molecule has 0 unspecified atom stereocenters. The topological polar surface area (TPSA) is 60.0 Å². The normalized spacial score (nSPS) is 17.2. The molecule has 190 valence electrons. The van der Waals surface area contributed by atoms with Crippen LogP contribution in [0, 0.1) is 0 Å². The number of carbonyl (C=O) groups is 1. The Balaban J connectivity index is 1.84. The Bertz CT molecular complexity index is 1190. The Kier molecular flexibility index (Phi) is 7.65. The number of anilines is 1. The number of nitrogens with zero attached hydrogens (tertiary/aromatic N) is 1. The van der Waals surface area contributed by atoms with Crippen LogP contribution in [0.15, 0.2) is 66.7 Å². The van der Waals surface area contributed by atoms with Crippen LogP contribution in [-0.2, 0) is 11.2 Å². The Hall–Kier alpha value is -3.38. The van der Waals surface area contributed by atoms with Crippen LogP contribution in [0.4, 0.5) is 10.5 Å². The first-order valence-corrected chi connectivity index (χ1v) is 12.4. The fourth-order valence-corrected chi connectivity index (χ4v) is 4.72. The standard InChI is InChI=1S/C29H33ClN2O4/c1-29(2,3)36-28(33)32-23(18-31-22-9-7-6-8-10-22)15-20-16-25(34-4)26(35-5)17-24(20)27(32)19-11-13-21(30)14-12-19/h6-14,16-17,23,27,31H,15,18H2,1-5H3/t23-,27-/m0/s1. The third-order valence-electron chi connectivity index (χ3n) is 6.17. The average molecular weight is 509 g/mol. The van der Waals surface area contributed by atoms with Crippen LogP contribution in [0.2, 0.25) is 5.02 Å². The smallest absolute Gasteiger partial charge is 0.411 e. The first kappa shape index (κ1) is 25.7. The van der Waals surface area contributed by atoms with Crippen molar-refractivity contribution in [3.63, 3.8) is 0 Å². The van der Waals surface area contributed by atoms with Gasteiger partial charge < -0.3 is 19.5 Å². The lowest BCUT2D eigenvalue weighted by Gasteiger charge is -2.44. The lowest BCUT2D eigenvalue weighted by Crippen LogP contribution is -2.52. The highest BCUT2D eigenvalue weighted by molar-refractivity contribution is 6.30. The molecule has 4 rings (SSSR count). The van der Waals surface area contributed by atoms with E-state index in [0.29, 0.717) is 29.5 Å². The molecular formula is C29H33ClN2O4. The summed E-state index contributed by atoms with van der Waals surface area (Å²) in [6, 6.07) is 21.0. The minimum absolute atomic E-state index is 0.189.